The molecule has 1 unspecified atom stereocenters. The van der Waals surface area contributed by atoms with Gasteiger partial charge in [-0.05, 0) is 19.1 Å². The van der Waals surface area contributed by atoms with Crippen LogP contribution in [-0.4, -0.2) is 14.5 Å². The van der Waals surface area contributed by atoms with Crippen molar-refractivity contribution in [3.63, 3.8) is 0 Å². The van der Waals surface area contributed by atoms with E-state index < -0.39 is 0 Å². The van der Waals surface area contributed by atoms with E-state index in [0.29, 0.717) is 0 Å². The molecule has 0 aliphatic rings. The number of rotatable bonds is 1. The van der Waals surface area contributed by atoms with E-state index in [9.17, 15) is 0 Å². The van der Waals surface area contributed by atoms with Gasteiger partial charge in [0.25, 0.3) is 0 Å². The summed E-state index contributed by atoms with van der Waals surface area (Å²) in [5.74, 6) is 0.869. The Bertz CT molecular complexity index is 430. The van der Waals surface area contributed by atoms with Crippen molar-refractivity contribution in [1.29, 1.82) is 0 Å². The Morgan fingerprint density at radius 1 is 1.54 bits per heavy atom. The summed E-state index contributed by atoms with van der Waals surface area (Å²) in [4.78, 5) is 8.50. The second kappa shape index (κ2) is 2.81. The molecule has 0 aromatic carbocycles. The van der Waals surface area contributed by atoms with Crippen LogP contribution in [0.1, 0.15) is 18.8 Å². The lowest BCUT2D eigenvalue weighted by molar-refractivity contribution is 0.696. The van der Waals surface area contributed by atoms with Gasteiger partial charge in [0.1, 0.15) is 5.82 Å². The van der Waals surface area contributed by atoms with Crippen LogP contribution < -0.4 is 5.73 Å². The minimum Gasteiger partial charge on any atom is -0.328 e. The van der Waals surface area contributed by atoms with Gasteiger partial charge in [0.2, 0.25) is 0 Å². The van der Waals surface area contributed by atoms with Gasteiger partial charge in [-0.2, -0.15) is 0 Å². The van der Waals surface area contributed by atoms with Crippen molar-refractivity contribution in [2.24, 2.45) is 12.8 Å². The van der Waals surface area contributed by atoms with E-state index in [1.165, 1.54) is 0 Å². The number of hydrogen-bond acceptors (Lipinski definition) is 3. The quantitative estimate of drug-likeness (QED) is 0.704. The predicted molar refractivity (Wildman–Crippen MR) is 51.1 cm³/mol. The number of fused-ring (bicyclic) bond motifs is 1. The van der Waals surface area contributed by atoms with E-state index in [1.54, 1.807) is 6.20 Å². The van der Waals surface area contributed by atoms with Crippen molar-refractivity contribution in [1.82, 2.24) is 14.5 Å². The Morgan fingerprint density at radius 3 is 2.92 bits per heavy atom. The molecule has 2 rings (SSSR count). The summed E-state index contributed by atoms with van der Waals surface area (Å²) in [6.45, 7) is 1.92. The fraction of sp³-hybridized carbons (Fsp3) is 0.333. The fourth-order valence-electron chi connectivity index (χ4n) is 1.45. The third-order valence-electron chi connectivity index (χ3n) is 2.10. The Labute approximate surface area is 76.4 Å². The summed E-state index contributed by atoms with van der Waals surface area (Å²) in [5.41, 5.74) is 7.55. The highest BCUT2D eigenvalue weighted by Gasteiger charge is 2.10. The average Bonchev–Trinajstić information content (AvgIpc) is 2.45. The molecule has 2 aromatic rings. The third kappa shape index (κ3) is 1.19. The summed E-state index contributed by atoms with van der Waals surface area (Å²) in [6.07, 6.45) is 1.74. The first-order valence-electron chi connectivity index (χ1n) is 4.23. The SMILES string of the molecule is CC(N)c1nc2ncccc2n1C. The number of imidazole rings is 1. The lowest BCUT2D eigenvalue weighted by atomic mass is 10.3. The maximum Gasteiger partial charge on any atom is 0.177 e. The smallest absolute Gasteiger partial charge is 0.177 e. The molecule has 0 amide bonds. The molecular weight excluding hydrogens is 164 g/mol. The summed E-state index contributed by atoms with van der Waals surface area (Å²) in [5, 5.41) is 0. The van der Waals surface area contributed by atoms with E-state index in [4.69, 9.17) is 5.73 Å². The van der Waals surface area contributed by atoms with Gasteiger partial charge < -0.3 is 10.3 Å². The van der Waals surface area contributed by atoms with Crippen molar-refractivity contribution in [3.8, 4) is 0 Å². The number of pyridine rings is 1. The highest BCUT2D eigenvalue weighted by atomic mass is 15.1. The van der Waals surface area contributed by atoms with Gasteiger partial charge in [0, 0.05) is 13.2 Å². The van der Waals surface area contributed by atoms with Gasteiger partial charge in [-0.15, -0.1) is 0 Å². The second-order valence-corrected chi connectivity index (χ2v) is 3.16. The molecule has 4 nitrogen and oxygen atoms in total. The molecule has 0 aliphatic heterocycles. The summed E-state index contributed by atoms with van der Waals surface area (Å²) < 4.78 is 1.98. The zero-order valence-corrected chi connectivity index (χ0v) is 7.73. The van der Waals surface area contributed by atoms with E-state index in [2.05, 4.69) is 9.97 Å². The zero-order valence-electron chi connectivity index (χ0n) is 7.73. The minimum atomic E-state index is -0.0563. The van der Waals surface area contributed by atoms with Crippen LogP contribution in [0.15, 0.2) is 18.3 Å². The molecule has 4 heteroatoms. The summed E-state index contributed by atoms with van der Waals surface area (Å²) >= 11 is 0. The standard InChI is InChI=1S/C9H12N4/c1-6(10)9-12-8-7(13(9)2)4-3-5-11-8/h3-6H,10H2,1-2H3. The van der Waals surface area contributed by atoms with Crippen molar-refractivity contribution >= 4 is 11.2 Å². The maximum absolute atomic E-state index is 5.77. The first-order chi connectivity index (χ1) is 6.20. The summed E-state index contributed by atoms with van der Waals surface area (Å²) in [6, 6.07) is 3.83. The lowest BCUT2D eigenvalue weighted by Crippen LogP contribution is -2.11. The van der Waals surface area contributed by atoms with Crippen molar-refractivity contribution in [2.45, 2.75) is 13.0 Å². The number of hydrogen-bond donors (Lipinski definition) is 1. The van der Waals surface area contributed by atoms with Crippen LogP contribution in [0.5, 0.6) is 0 Å². The molecule has 2 N–H and O–H groups in total. The average molecular weight is 176 g/mol. The topological polar surface area (TPSA) is 56.7 Å². The van der Waals surface area contributed by atoms with Crippen LogP contribution >= 0.6 is 0 Å². The Kier molecular flexibility index (Phi) is 1.77. The molecule has 0 radical (unpaired) electrons. The van der Waals surface area contributed by atoms with Crippen LogP contribution in [0.25, 0.3) is 11.2 Å². The molecule has 0 saturated carbocycles. The Morgan fingerprint density at radius 2 is 2.31 bits per heavy atom. The molecule has 0 saturated heterocycles. The molecule has 0 fully saturated rings. The van der Waals surface area contributed by atoms with Gasteiger partial charge in [-0.25, -0.2) is 9.97 Å². The predicted octanol–water partition coefficient (Wildman–Crippen LogP) is 0.988. The van der Waals surface area contributed by atoms with Gasteiger partial charge in [-0.3, -0.25) is 0 Å². The Balaban J connectivity index is 2.74. The van der Waals surface area contributed by atoms with Crippen LogP contribution in [0, 0.1) is 0 Å². The maximum atomic E-state index is 5.77. The largest absolute Gasteiger partial charge is 0.328 e. The van der Waals surface area contributed by atoms with Crippen molar-refractivity contribution in [2.75, 3.05) is 0 Å². The van der Waals surface area contributed by atoms with Crippen LogP contribution in [0.3, 0.4) is 0 Å². The van der Waals surface area contributed by atoms with Crippen LogP contribution in [-0.2, 0) is 7.05 Å². The first kappa shape index (κ1) is 8.19. The normalized spacial score (nSPS) is 13.5. The molecule has 0 spiro atoms. The second-order valence-electron chi connectivity index (χ2n) is 3.16. The molecular formula is C9H12N4. The third-order valence-corrected chi connectivity index (χ3v) is 2.10. The number of nitrogens with two attached hydrogens (primary N) is 1. The highest BCUT2D eigenvalue weighted by molar-refractivity contribution is 5.71. The van der Waals surface area contributed by atoms with E-state index in [-0.39, 0.29) is 6.04 Å². The molecule has 2 heterocycles. The monoisotopic (exact) mass is 176 g/mol. The van der Waals surface area contributed by atoms with E-state index >= 15 is 0 Å². The number of nitrogens with zero attached hydrogens (tertiary/aromatic N) is 3. The van der Waals surface area contributed by atoms with Crippen LogP contribution in [0.4, 0.5) is 0 Å². The molecule has 2 aromatic heterocycles. The zero-order chi connectivity index (χ0) is 9.42. The summed E-state index contributed by atoms with van der Waals surface area (Å²) in [7, 11) is 1.95. The molecule has 68 valence electrons. The molecule has 13 heavy (non-hydrogen) atoms. The lowest BCUT2D eigenvalue weighted by Gasteiger charge is -2.03. The molecule has 0 bridgehead atoms. The van der Waals surface area contributed by atoms with Crippen LogP contribution in [0.2, 0.25) is 0 Å². The molecule has 0 aliphatic carbocycles. The van der Waals surface area contributed by atoms with Gasteiger partial charge in [0.15, 0.2) is 5.65 Å². The van der Waals surface area contributed by atoms with Crippen molar-refractivity contribution in [3.05, 3.63) is 24.2 Å². The van der Waals surface area contributed by atoms with Gasteiger partial charge >= 0.3 is 0 Å². The van der Waals surface area contributed by atoms with Gasteiger partial charge in [0.05, 0.1) is 11.6 Å². The highest BCUT2D eigenvalue weighted by Crippen LogP contribution is 2.15. The minimum absolute atomic E-state index is 0.0563. The number of aryl methyl sites for hydroxylation is 1. The molecule has 1 atom stereocenters. The number of aromatic nitrogens is 3. The van der Waals surface area contributed by atoms with Gasteiger partial charge in [-0.1, -0.05) is 0 Å². The Hall–Kier alpha value is -1.42. The fourth-order valence-corrected chi connectivity index (χ4v) is 1.45. The van der Waals surface area contributed by atoms with E-state index in [0.717, 1.165) is 17.0 Å². The van der Waals surface area contributed by atoms with E-state index in [1.807, 2.05) is 30.7 Å². The van der Waals surface area contributed by atoms with Crippen molar-refractivity contribution < 1.29 is 0 Å². The first-order valence-corrected chi connectivity index (χ1v) is 4.23.